The first-order valence-corrected chi connectivity index (χ1v) is 12.4. The third kappa shape index (κ3) is 4.92. The van der Waals surface area contributed by atoms with Crippen molar-refractivity contribution in [3.8, 4) is 0 Å². The number of aliphatic hydroxyl groups excluding tert-OH is 1. The molecule has 1 saturated heterocycles. The Hall–Kier alpha value is -0.940. The summed E-state index contributed by atoms with van der Waals surface area (Å²) < 4.78 is 0. The van der Waals surface area contributed by atoms with Crippen LogP contribution < -0.4 is 0 Å². The van der Waals surface area contributed by atoms with Crippen LogP contribution in [0.1, 0.15) is 62.5 Å². The molecule has 27 heavy (non-hydrogen) atoms. The van der Waals surface area contributed by atoms with Crippen LogP contribution in [-0.2, 0) is 0 Å². The van der Waals surface area contributed by atoms with E-state index in [1.807, 2.05) is 0 Å². The van der Waals surface area contributed by atoms with Gasteiger partial charge >= 0.3 is 0 Å². The molecule has 2 nitrogen and oxygen atoms in total. The molecule has 3 heterocycles. The van der Waals surface area contributed by atoms with Crippen LogP contribution >= 0.6 is 22.7 Å². The molecular formula is C23H31NOS2. The summed E-state index contributed by atoms with van der Waals surface area (Å²) in [6.07, 6.45) is 9.63. The minimum Gasteiger partial charge on any atom is -0.393 e. The predicted octanol–water partition coefficient (Wildman–Crippen LogP) is 6.04. The van der Waals surface area contributed by atoms with Crippen molar-refractivity contribution in [2.24, 2.45) is 5.92 Å². The molecule has 4 rings (SSSR count). The average molecular weight is 402 g/mol. The standard InChI is InChI=1S/C23H31NOS2/c25-22(18-4-2-1-3-5-18)8-13-24-11-6-19(7-12-24)23(20-9-14-26-16-20)21-10-15-27-17-21/h9-10,14-18,22,25H,1-8,11-13H2. The smallest absolute Gasteiger partial charge is 0.0580 e. The lowest BCUT2D eigenvalue weighted by molar-refractivity contribution is 0.0650. The highest BCUT2D eigenvalue weighted by atomic mass is 32.1. The van der Waals surface area contributed by atoms with E-state index in [0.717, 1.165) is 38.9 Å². The SMILES string of the molecule is OC(CCN1CCC(=C(c2ccsc2)c2ccsc2)CC1)C1CCCCC1. The quantitative estimate of drug-likeness (QED) is 0.638. The lowest BCUT2D eigenvalue weighted by atomic mass is 9.84. The molecule has 0 bridgehead atoms. The molecule has 1 aliphatic carbocycles. The Balaban J connectivity index is 1.35. The monoisotopic (exact) mass is 401 g/mol. The second kappa shape index (κ2) is 9.51. The molecule has 2 aliphatic rings. The molecule has 0 radical (unpaired) electrons. The molecule has 1 N–H and O–H groups in total. The number of rotatable bonds is 6. The second-order valence-corrected chi connectivity index (χ2v) is 9.66. The van der Waals surface area contributed by atoms with Gasteiger partial charge < -0.3 is 10.0 Å². The van der Waals surface area contributed by atoms with E-state index in [9.17, 15) is 5.11 Å². The van der Waals surface area contributed by atoms with Crippen molar-refractivity contribution in [2.75, 3.05) is 19.6 Å². The highest BCUT2D eigenvalue weighted by molar-refractivity contribution is 7.08. The van der Waals surface area contributed by atoms with E-state index in [1.165, 1.54) is 48.8 Å². The van der Waals surface area contributed by atoms with Crippen LogP contribution in [0.15, 0.2) is 39.2 Å². The van der Waals surface area contributed by atoms with Gasteiger partial charge in [0.25, 0.3) is 0 Å². The zero-order chi connectivity index (χ0) is 18.5. The number of aliphatic hydroxyl groups is 1. The maximum Gasteiger partial charge on any atom is 0.0580 e. The Labute approximate surface area is 171 Å². The van der Waals surface area contributed by atoms with Gasteiger partial charge in [-0.25, -0.2) is 0 Å². The molecule has 0 spiro atoms. The summed E-state index contributed by atoms with van der Waals surface area (Å²) in [5, 5.41) is 19.5. The molecule has 2 fully saturated rings. The van der Waals surface area contributed by atoms with Crippen molar-refractivity contribution >= 4 is 28.2 Å². The van der Waals surface area contributed by atoms with E-state index in [-0.39, 0.29) is 6.10 Å². The number of likely N-dealkylation sites (tertiary alicyclic amines) is 1. The summed E-state index contributed by atoms with van der Waals surface area (Å²) in [4.78, 5) is 2.56. The predicted molar refractivity (Wildman–Crippen MR) is 118 cm³/mol. The zero-order valence-corrected chi connectivity index (χ0v) is 17.7. The number of hydrogen-bond acceptors (Lipinski definition) is 4. The van der Waals surface area contributed by atoms with E-state index < -0.39 is 0 Å². The normalized spacial score (nSPS) is 20.7. The van der Waals surface area contributed by atoms with Gasteiger partial charge in [0.1, 0.15) is 0 Å². The number of thiophene rings is 2. The molecule has 4 heteroatoms. The third-order valence-electron chi connectivity index (χ3n) is 6.37. The summed E-state index contributed by atoms with van der Waals surface area (Å²) in [7, 11) is 0. The van der Waals surface area contributed by atoms with E-state index in [4.69, 9.17) is 0 Å². The largest absolute Gasteiger partial charge is 0.393 e. The van der Waals surface area contributed by atoms with Crippen LogP contribution in [0.3, 0.4) is 0 Å². The van der Waals surface area contributed by atoms with Crippen LogP contribution in [0.2, 0.25) is 0 Å². The first kappa shape index (κ1) is 19.4. The van der Waals surface area contributed by atoms with Crippen LogP contribution in [0.5, 0.6) is 0 Å². The summed E-state index contributed by atoms with van der Waals surface area (Å²) >= 11 is 3.57. The van der Waals surface area contributed by atoms with E-state index in [0.29, 0.717) is 5.92 Å². The Morgan fingerprint density at radius 3 is 2.19 bits per heavy atom. The van der Waals surface area contributed by atoms with Crippen molar-refractivity contribution in [3.05, 3.63) is 50.4 Å². The summed E-state index contributed by atoms with van der Waals surface area (Å²) in [6.45, 7) is 3.31. The maximum absolute atomic E-state index is 10.6. The molecular weight excluding hydrogens is 370 g/mol. The molecule has 146 valence electrons. The second-order valence-electron chi connectivity index (χ2n) is 8.10. The molecule has 0 amide bonds. The summed E-state index contributed by atoms with van der Waals surface area (Å²) in [6, 6.07) is 4.52. The van der Waals surface area contributed by atoms with Crippen molar-refractivity contribution in [1.29, 1.82) is 0 Å². The topological polar surface area (TPSA) is 23.5 Å². The highest BCUT2D eigenvalue weighted by Crippen LogP contribution is 2.34. The molecule has 2 aromatic rings. The fraction of sp³-hybridized carbons (Fsp3) is 0.565. The van der Waals surface area contributed by atoms with Gasteiger partial charge in [-0.2, -0.15) is 22.7 Å². The maximum atomic E-state index is 10.6. The van der Waals surface area contributed by atoms with Crippen molar-refractivity contribution < 1.29 is 5.11 Å². The van der Waals surface area contributed by atoms with E-state index in [2.05, 4.69) is 38.6 Å². The van der Waals surface area contributed by atoms with Crippen LogP contribution in [-0.4, -0.2) is 35.7 Å². The van der Waals surface area contributed by atoms with E-state index in [1.54, 1.807) is 28.2 Å². The lowest BCUT2D eigenvalue weighted by Gasteiger charge is -2.32. The first-order chi connectivity index (χ1) is 13.3. The summed E-state index contributed by atoms with van der Waals surface area (Å²) in [5.74, 6) is 0.558. The average Bonchev–Trinajstić information content (AvgIpc) is 3.43. The van der Waals surface area contributed by atoms with Gasteiger partial charge in [-0.15, -0.1) is 0 Å². The molecule has 1 atom stereocenters. The fourth-order valence-corrected chi connectivity index (χ4v) is 6.05. The van der Waals surface area contributed by atoms with E-state index >= 15 is 0 Å². The van der Waals surface area contributed by atoms with Gasteiger partial charge in [0.15, 0.2) is 0 Å². The molecule has 1 aliphatic heterocycles. The Kier molecular flexibility index (Phi) is 6.82. The van der Waals surface area contributed by atoms with Gasteiger partial charge in [-0.05, 0) is 88.4 Å². The van der Waals surface area contributed by atoms with Gasteiger partial charge in [0.2, 0.25) is 0 Å². The number of hydrogen-bond donors (Lipinski definition) is 1. The van der Waals surface area contributed by atoms with Crippen LogP contribution in [0.25, 0.3) is 5.57 Å². The number of nitrogens with zero attached hydrogens (tertiary/aromatic N) is 1. The van der Waals surface area contributed by atoms with Gasteiger partial charge in [-0.1, -0.05) is 24.8 Å². The third-order valence-corrected chi connectivity index (χ3v) is 7.73. The molecule has 1 unspecified atom stereocenters. The van der Waals surface area contributed by atoms with Crippen molar-refractivity contribution in [3.63, 3.8) is 0 Å². The molecule has 1 saturated carbocycles. The molecule has 0 aromatic carbocycles. The Bertz CT molecular complexity index is 667. The van der Waals surface area contributed by atoms with Gasteiger partial charge in [0, 0.05) is 19.6 Å². The van der Waals surface area contributed by atoms with Crippen LogP contribution in [0.4, 0.5) is 0 Å². The first-order valence-electron chi connectivity index (χ1n) is 10.5. The fourth-order valence-electron chi connectivity index (χ4n) is 4.75. The summed E-state index contributed by atoms with van der Waals surface area (Å²) in [5.41, 5.74) is 5.85. The minimum atomic E-state index is -0.0885. The number of piperidine rings is 1. The van der Waals surface area contributed by atoms with Crippen LogP contribution in [0, 0.1) is 5.92 Å². The van der Waals surface area contributed by atoms with Crippen molar-refractivity contribution in [2.45, 2.75) is 57.5 Å². The zero-order valence-electron chi connectivity index (χ0n) is 16.1. The van der Waals surface area contributed by atoms with Gasteiger partial charge in [0.05, 0.1) is 6.10 Å². The lowest BCUT2D eigenvalue weighted by Crippen LogP contribution is -2.35. The Morgan fingerprint density at radius 2 is 1.63 bits per heavy atom. The van der Waals surface area contributed by atoms with Crippen molar-refractivity contribution in [1.82, 2.24) is 4.90 Å². The van der Waals surface area contributed by atoms with Gasteiger partial charge in [-0.3, -0.25) is 0 Å². The highest BCUT2D eigenvalue weighted by Gasteiger charge is 2.24. The Morgan fingerprint density at radius 1 is 1.00 bits per heavy atom. The molecule has 2 aromatic heterocycles. The minimum absolute atomic E-state index is 0.0885.